The fourth-order valence-electron chi connectivity index (χ4n) is 3.29. The van der Waals surface area contributed by atoms with E-state index in [0.717, 1.165) is 12.6 Å². The second kappa shape index (κ2) is 5.29. The summed E-state index contributed by atoms with van der Waals surface area (Å²) in [6.45, 7) is 3.49. The lowest BCUT2D eigenvalue weighted by atomic mass is 9.97. The normalized spacial score (nSPS) is 28.2. The smallest absolute Gasteiger partial charge is 0.115 e. The molecule has 0 aromatic heterocycles. The van der Waals surface area contributed by atoms with Crippen LogP contribution in [0.2, 0.25) is 0 Å². The van der Waals surface area contributed by atoms with Gasteiger partial charge in [-0.3, -0.25) is 0 Å². The maximum Gasteiger partial charge on any atom is 0.115 e. The van der Waals surface area contributed by atoms with Crippen molar-refractivity contribution in [1.29, 1.82) is 0 Å². The molecule has 2 saturated heterocycles. The summed E-state index contributed by atoms with van der Waals surface area (Å²) in [5.41, 5.74) is 1.25. The lowest BCUT2D eigenvalue weighted by Crippen LogP contribution is -2.45. The van der Waals surface area contributed by atoms with Crippen molar-refractivity contribution < 1.29 is 5.11 Å². The Bertz CT molecular complexity index is 390. The fraction of sp³-hybridized carbons (Fsp3) is 0.600. The van der Waals surface area contributed by atoms with Gasteiger partial charge in [0.25, 0.3) is 0 Å². The molecule has 1 aromatic rings. The molecular formula is C15H22N2O. The van der Waals surface area contributed by atoms with Crippen molar-refractivity contribution in [2.45, 2.75) is 44.3 Å². The van der Waals surface area contributed by atoms with Crippen molar-refractivity contribution in [3.05, 3.63) is 29.8 Å². The Hall–Kier alpha value is -1.06. The highest BCUT2D eigenvalue weighted by Crippen LogP contribution is 2.26. The average Bonchev–Trinajstić information content (AvgIpc) is 2.85. The van der Waals surface area contributed by atoms with Gasteiger partial charge in [0.15, 0.2) is 0 Å². The van der Waals surface area contributed by atoms with Crippen LogP contribution in [0.15, 0.2) is 24.3 Å². The van der Waals surface area contributed by atoms with Crippen LogP contribution in [-0.2, 0) is 6.54 Å². The van der Waals surface area contributed by atoms with E-state index >= 15 is 0 Å². The second-order valence-electron chi connectivity index (χ2n) is 5.60. The molecule has 0 bridgehead atoms. The molecule has 0 spiro atoms. The number of piperidine rings is 1. The van der Waals surface area contributed by atoms with Gasteiger partial charge in [-0.25, -0.2) is 0 Å². The topological polar surface area (TPSA) is 35.5 Å². The van der Waals surface area contributed by atoms with Crippen molar-refractivity contribution in [1.82, 2.24) is 10.2 Å². The Labute approximate surface area is 109 Å². The fourth-order valence-corrected chi connectivity index (χ4v) is 3.29. The van der Waals surface area contributed by atoms with Gasteiger partial charge in [0.05, 0.1) is 0 Å². The molecule has 0 aliphatic carbocycles. The van der Waals surface area contributed by atoms with E-state index in [4.69, 9.17) is 0 Å². The SMILES string of the molecule is Oc1ccc(CNC2CCN3CCCC3C2)cc1. The van der Waals surface area contributed by atoms with Crippen molar-refractivity contribution in [2.24, 2.45) is 0 Å². The lowest BCUT2D eigenvalue weighted by molar-refractivity contribution is 0.166. The van der Waals surface area contributed by atoms with Crippen molar-refractivity contribution in [2.75, 3.05) is 13.1 Å². The monoisotopic (exact) mass is 246 g/mol. The zero-order chi connectivity index (χ0) is 12.4. The number of nitrogens with one attached hydrogen (secondary N) is 1. The number of aromatic hydroxyl groups is 1. The number of hydrogen-bond acceptors (Lipinski definition) is 3. The van der Waals surface area contributed by atoms with Gasteiger partial charge in [-0.15, -0.1) is 0 Å². The van der Waals surface area contributed by atoms with Crippen molar-refractivity contribution in [3.8, 4) is 5.75 Å². The molecule has 2 aliphatic rings. The number of nitrogens with zero attached hydrogens (tertiary/aromatic N) is 1. The highest BCUT2D eigenvalue weighted by molar-refractivity contribution is 5.25. The molecule has 3 nitrogen and oxygen atoms in total. The summed E-state index contributed by atoms with van der Waals surface area (Å²) in [6.07, 6.45) is 5.35. The summed E-state index contributed by atoms with van der Waals surface area (Å²) in [5, 5.41) is 12.9. The Kier molecular flexibility index (Phi) is 3.52. The summed E-state index contributed by atoms with van der Waals surface area (Å²) < 4.78 is 0. The first-order valence-electron chi connectivity index (χ1n) is 7.06. The molecule has 0 saturated carbocycles. The Morgan fingerprint density at radius 2 is 2.00 bits per heavy atom. The molecule has 2 aliphatic heterocycles. The summed E-state index contributed by atoms with van der Waals surface area (Å²) in [4.78, 5) is 2.65. The highest BCUT2D eigenvalue weighted by Gasteiger charge is 2.31. The van der Waals surface area contributed by atoms with Gasteiger partial charge >= 0.3 is 0 Å². The number of phenolic OH excluding ortho intramolecular Hbond substituents is 1. The van der Waals surface area contributed by atoms with E-state index < -0.39 is 0 Å². The van der Waals surface area contributed by atoms with Gasteiger partial charge in [-0.2, -0.15) is 0 Å². The summed E-state index contributed by atoms with van der Waals surface area (Å²) >= 11 is 0. The van der Waals surface area contributed by atoms with Crippen molar-refractivity contribution in [3.63, 3.8) is 0 Å². The van der Waals surface area contributed by atoms with Crippen LogP contribution in [-0.4, -0.2) is 35.2 Å². The third-order valence-corrected chi connectivity index (χ3v) is 4.35. The van der Waals surface area contributed by atoms with E-state index in [-0.39, 0.29) is 0 Å². The Morgan fingerprint density at radius 3 is 2.83 bits per heavy atom. The van der Waals surface area contributed by atoms with E-state index in [1.165, 1.54) is 44.3 Å². The molecule has 2 atom stereocenters. The standard InChI is InChI=1S/C15H22N2O/c18-15-5-3-12(4-6-15)11-16-13-7-9-17-8-1-2-14(17)10-13/h3-6,13-14,16,18H,1-2,7-11H2. The van der Waals surface area contributed by atoms with Crippen molar-refractivity contribution >= 4 is 0 Å². The number of rotatable bonds is 3. The van der Waals surface area contributed by atoms with Crippen LogP contribution in [0.5, 0.6) is 5.75 Å². The number of hydrogen-bond donors (Lipinski definition) is 2. The lowest BCUT2D eigenvalue weighted by Gasteiger charge is -2.35. The van der Waals surface area contributed by atoms with E-state index in [2.05, 4.69) is 10.2 Å². The average molecular weight is 246 g/mol. The summed E-state index contributed by atoms with van der Waals surface area (Å²) in [5.74, 6) is 0.345. The molecule has 2 heterocycles. The molecule has 1 aromatic carbocycles. The van der Waals surface area contributed by atoms with Crippen LogP contribution in [0.4, 0.5) is 0 Å². The van der Waals surface area contributed by atoms with Crippen LogP contribution in [0.1, 0.15) is 31.2 Å². The number of phenols is 1. The zero-order valence-corrected chi connectivity index (χ0v) is 10.8. The van der Waals surface area contributed by atoms with Crippen LogP contribution in [0.25, 0.3) is 0 Å². The number of benzene rings is 1. The van der Waals surface area contributed by atoms with Crippen LogP contribution >= 0.6 is 0 Å². The number of fused-ring (bicyclic) bond motifs is 1. The van der Waals surface area contributed by atoms with Gasteiger partial charge in [-0.1, -0.05) is 12.1 Å². The predicted molar refractivity (Wildman–Crippen MR) is 72.6 cm³/mol. The van der Waals surface area contributed by atoms with Crippen LogP contribution < -0.4 is 5.32 Å². The largest absolute Gasteiger partial charge is 0.508 e. The Morgan fingerprint density at radius 1 is 1.17 bits per heavy atom. The molecular weight excluding hydrogens is 224 g/mol. The van der Waals surface area contributed by atoms with Gasteiger partial charge in [0.2, 0.25) is 0 Å². The molecule has 0 radical (unpaired) electrons. The summed E-state index contributed by atoms with van der Waals surface area (Å²) in [6, 6.07) is 9.00. The van der Waals surface area contributed by atoms with Gasteiger partial charge in [0, 0.05) is 18.6 Å². The molecule has 2 unspecified atom stereocenters. The molecule has 3 rings (SSSR count). The first kappa shape index (κ1) is 12.0. The minimum absolute atomic E-state index is 0.345. The third kappa shape index (κ3) is 2.68. The molecule has 98 valence electrons. The summed E-state index contributed by atoms with van der Waals surface area (Å²) in [7, 11) is 0. The zero-order valence-electron chi connectivity index (χ0n) is 10.8. The maximum atomic E-state index is 9.25. The van der Waals surface area contributed by atoms with Crippen LogP contribution in [0.3, 0.4) is 0 Å². The molecule has 2 N–H and O–H groups in total. The van der Waals surface area contributed by atoms with E-state index in [1.54, 1.807) is 12.1 Å². The molecule has 3 heteroatoms. The van der Waals surface area contributed by atoms with E-state index in [0.29, 0.717) is 11.8 Å². The first-order valence-corrected chi connectivity index (χ1v) is 7.06. The second-order valence-corrected chi connectivity index (χ2v) is 5.60. The molecule has 2 fully saturated rings. The first-order chi connectivity index (χ1) is 8.81. The Balaban J connectivity index is 1.50. The highest BCUT2D eigenvalue weighted by atomic mass is 16.3. The molecule has 0 amide bonds. The maximum absolute atomic E-state index is 9.25. The molecule has 18 heavy (non-hydrogen) atoms. The quantitative estimate of drug-likeness (QED) is 0.857. The van der Waals surface area contributed by atoms with Gasteiger partial charge in [0.1, 0.15) is 5.75 Å². The predicted octanol–water partition coefficient (Wildman–Crippen LogP) is 2.11. The minimum atomic E-state index is 0.345. The van der Waals surface area contributed by atoms with Gasteiger partial charge < -0.3 is 15.3 Å². The third-order valence-electron chi connectivity index (χ3n) is 4.35. The van der Waals surface area contributed by atoms with E-state index in [9.17, 15) is 5.11 Å². The van der Waals surface area contributed by atoms with E-state index in [1.807, 2.05) is 12.1 Å². The van der Waals surface area contributed by atoms with Gasteiger partial charge in [-0.05, 0) is 56.5 Å². The minimum Gasteiger partial charge on any atom is -0.508 e. The van der Waals surface area contributed by atoms with Crippen LogP contribution in [0, 0.1) is 0 Å².